The van der Waals surface area contributed by atoms with Crippen molar-refractivity contribution in [1.82, 2.24) is 0 Å². The number of hydrogen-bond donors (Lipinski definition) is 0. The Bertz CT molecular complexity index is 846. The molecule has 0 bridgehead atoms. The Balaban J connectivity index is 2.04. The number of benzene rings is 2. The van der Waals surface area contributed by atoms with E-state index < -0.39 is 24.0 Å². The van der Waals surface area contributed by atoms with Gasteiger partial charge < -0.3 is 4.84 Å². The molecule has 25 heavy (non-hydrogen) atoms. The minimum atomic E-state index is -4.78. The van der Waals surface area contributed by atoms with Crippen LogP contribution in [0.25, 0.3) is 0 Å². The maximum absolute atomic E-state index is 13.8. The third-order valence-electron chi connectivity index (χ3n) is 4.02. The Morgan fingerprint density at radius 3 is 2.28 bits per heavy atom. The van der Waals surface area contributed by atoms with Gasteiger partial charge in [0.2, 0.25) is 0 Å². The summed E-state index contributed by atoms with van der Waals surface area (Å²) < 4.78 is 55.3. The molecule has 8 heteroatoms. The second-order valence-electron chi connectivity index (χ2n) is 5.75. The summed E-state index contributed by atoms with van der Waals surface area (Å²) in [5, 5.41) is 3.67. The summed E-state index contributed by atoms with van der Waals surface area (Å²) in [6.45, 7) is 1.56. The molecule has 1 unspecified atom stereocenters. The van der Waals surface area contributed by atoms with E-state index in [0.29, 0.717) is 5.56 Å². The average Bonchev–Trinajstić information content (AvgIpc) is 2.95. The molecule has 1 heterocycles. The van der Waals surface area contributed by atoms with Crippen LogP contribution in [0.1, 0.15) is 23.1 Å². The Hall–Kier alpha value is -1.79. The summed E-state index contributed by atoms with van der Waals surface area (Å²) in [4.78, 5) is 4.86. The van der Waals surface area contributed by atoms with Crippen molar-refractivity contribution in [3.05, 3.63) is 69.0 Å². The Labute approximate surface area is 151 Å². The minimum absolute atomic E-state index is 0.00711. The van der Waals surface area contributed by atoms with Crippen molar-refractivity contribution in [2.75, 3.05) is 0 Å². The summed E-state index contributed by atoms with van der Waals surface area (Å²) in [6, 6.07) is 7.69. The molecule has 0 saturated carbocycles. The molecule has 0 aliphatic carbocycles. The van der Waals surface area contributed by atoms with Crippen molar-refractivity contribution in [2.45, 2.75) is 25.1 Å². The summed E-state index contributed by atoms with van der Waals surface area (Å²) in [5.41, 5.74) is -2.39. The lowest BCUT2D eigenvalue weighted by atomic mass is 9.86. The molecule has 0 saturated heterocycles. The van der Waals surface area contributed by atoms with E-state index in [0.717, 1.165) is 18.2 Å². The van der Waals surface area contributed by atoms with E-state index in [1.54, 1.807) is 6.92 Å². The molecule has 2 aromatic carbocycles. The van der Waals surface area contributed by atoms with E-state index in [2.05, 4.69) is 5.16 Å². The molecule has 0 N–H and O–H groups in total. The van der Waals surface area contributed by atoms with Gasteiger partial charge in [-0.05, 0) is 36.8 Å². The predicted octanol–water partition coefficient (Wildman–Crippen LogP) is 6.02. The van der Waals surface area contributed by atoms with Gasteiger partial charge in [0.15, 0.2) is 0 Å². The zero-order valence-electron chi connectivity index (χ0n) is 12.8. The third-order valence-corrected chi connectivity index (χ3v) is 4.46. The van der Waals surface area contributed by atoms with Gasteiger partial charge in [-0.3, -0.25) is 0 Å². The van der Waals surface area contributed by atoms with Crippen molar-refractivity contribution < 1.29 is 22.4 Å². The highest BCUT2D eigenvalue weighted by Gasteiger charge is 2.62. The molecule has 1 aliphatic heterocycles. The number of aryl methyl sites for hydroxylation is 1. The molecule has 0 fully saturated rings. The lowest BCUT2D eigenvalue weighted by Crippen LogP contribution is -2.42. The van der Waals surface area contributed by atoms with E-state index in [1.165, 1.54) is 18.2 Å². The summed E-state index contributed by atoms with van der Waals surface area (Å²) in [6.07, 6.45) is -5.40. The third kappa shape index (κ3) is 3.20. The topological polar surface area (TPSA) is 21.6 Å². The molecule has 2 aromatic rings. The summed E-state index contributed by atoms with van der Waals surface area (Å²) >= 11 is 11.7. The smallest absolute Gasteiger partial charge is 0.374 e. The van der Waals surface area contributed by atoms with E-state index >= 15 is 0 Å². The van der Waals surface area contributed by atoms with Gasteiger partial charge in [-0.1, -0.05) is 40.5 Å². The second kappa shape index (κ2) is 6.18. The average molecular weight is 392 g/mol. The first-order chi connectivity index (χ1) is 11.6. The van der Waals surface area contributed by atoms with Gasteiger partial charge in [0, 0.05) is 27.6 Å². The van der Waals surface area contributed by atoms with E-state index in [9.17, 15) is 17.6 Å². The van der Waals surface area contributed by atoms with Crippen LogP contribution in [0.3, 0.4) is 0 Å². The predicted molar refractivity (Wildman–Crippen MR) is 87.6 cm³/mol. The molecule has 0 radical (unpaired) electrons. The van der Waals surface area contributed by atoms with Crippen LogP contribution in [-0.4, -0.2) is 11.9 Å². The van der Waals surface area contributed by atoms with Crippen molar-refractivity contribution in [1.29, 1.82) is 0 Å². The molecular weight excluding hydrogens is 381 g/mol. The van der Waals surface area contributed by atoms with Crippen molar-refractivity contribution in [2.24, 2.45) is 5.16 Å². The number of oxime groups is 1. The van der Waals surface area contributed by atoms with Gasteiger partial charge in [-0.25, -0.2) is 4.39 Å². The fourth-order valence-corrected chi connectivity index (χ4v) is 3.14. The quantitative estimate of drug-likeness (QED) is 0.573. The van der Waals surface area contributed by atoms with Crippen LogP contribution in [0, 0.1) is 12.7 Å². The number of halogens is 6. The molecule has 1 atom stereocenters. The van der Waals surface area contributed by atoms with Gasteiger partial charge in [-0.15, -0.1) is 0 Å². The van der Waals surface area contributed by atoms with Crippen LogP contribution < -0.4 is 0 Å². The maximum atomic E-state index is 13.8. The van der Waals surface area contributed by atoms with Crippen LogP contribution in [0.2, 0.25) is 10.0 Å². The zero-order valence-corrected chi connectivity index (χ0v) is 14.3. The first-order valence-corrected chi connectivity index (χ1v) is 7.93. The largest absolute Gasteiger partial charge is 0.435 e. The fourth-order valence-electron chi connectivity index (χ4n) is 2.62. The van der Waals surface area contributed by atoms with Gasteiger partial charge in [-0.2, -0.15) is 13.2 Å². The van der Waals surface area contributed by atoms with Crippen LogP contribution in [0.4, 0.5) is 17.6 Å². The number of alkyl halides is 3. The van der Waals surface area contributed by atoms with Gasteiger partial charge in [0.25, 0.3) is 5.60 Å². The standard InChI is InChI=1S/C17H11Cl2F4NO/c1-9-2-3-10(4-14(9)20)15-8-16(25-24-15,17(21,22)23)11-5-12(18)7-13(19)6-11/h2-7H,8H2,1H3. The lowest BCUT2D eigenvalue weighted by Gasteiger charge is -2.29. The lowest BCUT2D eigenvalue weighted by molar-refractivity contribution is -0.275. The first-order valence-electron chi connectivity index (χ1n) is 7.17. The minimum Gasteiger partial charge on any atom is -0.374 e. The number of hydrogen-bond acceptors (Lipinski definition) is 2. The molecule has 0 amide bonds. The van der Waals surface area contributed by atoms with E-state index in [4.69, 9.17) is 28.0 Å². The molecule has 1 aliphatic rings. The molecule has 0 aromatic heterocycles. The van der Waals surface area contributed by atoms with Crippen LogP contribution in [0.5, 0.6) is 0 Å². The Morgan fingerprint density at radius 2 is 1.72 bits per heavy atom. The van der Waals surface area contributed by atoms with Crippen LogP contribution >= 0.6 is 23.2 Å². The second-order valence-corrected chi connectivity index (χ2v) is 6.63. The van der Waals surface area contributed by atoms with E-state index in [1.807, 2.05) is 0 Å². The SMILES string of the molecule is Cc1ccc(C2=NOC(c3cc(Cl)cc(Cl)c3)(C(F)(F)F)C2)cc1F. The van der Waals surface area contributed by atoms with E-state index in [-0.39, 0.29) is 26.9 Å². The van der Waals surface area contributed by atoms with Crippen molar-refractivity contribution in [3.63, 3.8) is 0 Å². The zero-order chi connectivity index (χ0) is 18.4. The Kier molecular flexibility index (Phi) is 4.45. The molecule has 2 nitrogen and oxygen atoms in total. The molecule has 3 rings (SSSR count). The number of rotatable bonds is 2. The number of nitrogens with zero attached hydrogens (tertiary/aromatic N) is 1. The fraction of sp³-hybridized carbons (Fsp3) is 0.235. The van der Waals surface area contributed by atoms with Crippen molar-refractivity contribution >= 4 is 28.9 Å². The molecule has 132 valence electrons. The normalized spacial score (nSPS) is 20.4. The van der Waals surface area contributed by atoms with Crippen LogP contribution in [-0.2, 0) is 10.4 Å². The van der Waals surface area contributed by atoms with Gasteiger partial charge in [0.05, 0.1) is 5.71 Å². The van der Waals surface area contributed by atoms with Gasteiger partial charge >= 0.3 is 6.18 Å². The monoisotopic (exact) mass is 391 g/mol. The highest BCUT2D eigenvalue weighted by molar-refractivity contribution is 6.34. The van der Waals surface area contributed by atoms with Crippen LogP contribution in [0.15, 0.2) is 41.6 Å². The molecular formula is C17H11Cl2F4NO. The first kappa shape index (κ1) is 18.0. The maximum Gasteiger partial charge on any atom is 0.435 e. The molecule has 0 spiro atoms. The summed E-state index contributed by atoms with van der Waals surface area (Å²) in [5.74, 6) is -0.532. The highest BCUT2D eigenvalue weighted by Crippen LogP contribution is 2.49. The van der Waals surface area contributed by atoms with Crippen molar-refractivity contribution in [3.8, 4) is 0 Å². The Morgan fingerprint density at radius 1 is 1.08 bits per heavy atom. The highest BCUT2D eigenvalue weighted by atomic mass is 35.5. The summed E-state index contributed by atoms with van der Waals surface area (Å²) in [7, 11) is 0. The van der Waals surface area contributed by atoms with Gasteiger partial charge in [0.1, 0.15) is 5.82 Å².